The molecule has 1 amide bonds. The number of nitrogens with one attached hydrogen (secondary N) is 2. The molecule has 0 fully saturated rings. The fourth-order valence-electron chi connectivity index (χ4n) is 1.92. The molecule has 0 aromatic heterocycles. The second-order valence-electron chi connectivity index (χ2n) is 4.92. The molecule has 2 aromatic carbocycles. The molecule has 0 radical (unpaired) electrons. The summed E-state index contributed by atoms with van der Waals surface area (Å²) in [6.07, 6.45) is 0.373. The number of ether oxygens (including phenoxy) is 1. The maximum absolute atomic E-state index is 11.9. The van der Waals surface area contributed by atoms with Crippen LogP contribution in [-0.4, -0.2) is 19.6 Å². The van der Waals surface area contributed by atoms with Crippen LogP contribution in [0, 0.1) is 6.92 Å². The second kappa shape index (κ2) is 7.71. The number of benzene rings is 2. The SMILES string of the molecule is COc1ccc(NCCC(=O)Nc2ccc(C)c(Cl)c2)cc1. The minimum absolute atomic E-state index is 0.0547. The highest BCUT2D eigenvalue weighted by Crippen LogP contribution is 2.20. The molecule has 2 rings (SSSR count). The van der Waals surface area contributed by atoms with Crippen LogP contribution in [0.2, 0.25) is 5.02 Å². The highest BCUT2D eigenvalue weighted by atomic mass is 35.5. The molecule has 0 unspecified atom stereocenters. The molecule has 22 heavy (non-hydrogen) atoms. The molecule has 0 aliphatic heterocycles. The zero-order valence-electron chi connectivity index (χ0n) is 12.7. The van der Waals surface area contributed by atoms with Crippen molar-refractivity contribution in [3.63, 3.8) is 0 Å². The van der Waals surface area contributed by atoms with Gasteiger partial charge in [-0.3, -0.25) is 4.79 Å². The number of amides is 1. The Kier molecular flexibility index (Phi) is 5.67. The topological polar surface area (TPSA) is 50.4 Å². The first-order valence-corrected chi connectivity index (χ1v) is 7.40. The Morgan fingerprint density at radius 1 is 1.14 bits per heavy atom. The van der Waals surface area contributed by atoms with E-state index < -0.39 is 0 Å². The Labute approximate surface area is 135 Å². The van der Waals surface area contributed by atoms with Crippen molar-refractivity contribution in [2.24, 2.45) is 0 Å². The lowest BCUT2D eigenvalue weighted by Crippen LogP contribution is -2.16. The zero-order chi connectivity index (χ0) is 15.9. The molecule has 4 nitrogen and oxygen atoms in total. The zero-order valence-corrected chi connectivity index (χ0v) is 13.4. The lowest BCUT2D eigenvalue weighted by molar-refractivity contribution is -0.115. The smallest absolute Gasteiger partial charge is 0.226 e. The fourth-order valence-corrected chi connectivity index (χ4v) is 2.10. The van der Waals surface area contributed by atoms with Crippen LogP contribution >= 0.6 is 11.6 Å². The van der Waals surface area contributed by atoms with Crippen molar-refractivity contribution in [2.45, 2.75) is 13.3 Å². The van der Waals surface area contributed by atoms with Gasteiger partial charge in [-0.25, -0.2) is 0 Å². The number of hydrogen-bond acceptors (Lipinski definition) is 3. The summed E-state index contributed by atoms with van der Waals surface area (Å²) >= 11 is 6.03. The third-order valence-electron chi connectivity index (χ3n) is 3.23. The molecule has 0 atom stereocenters. The molecule has 0 aliphatic carbocycles. The van der Waals surface area contributed by atoms with Crippen molar-refractivity contribution in [2.75, 3.05) is 24.3 Å². The molecule has 2 N–H and O–H groups in total. The van der Waals surface area contributed by atoms with Crippen LogP contribution in [-0.2, 0) is 4.79 Å². The maximum Gasteiger partial charge on any atom is 0.226 e. The normalized spacial score (nSPS) is 10.1. The monoisotopic (exact) mass is 318 g/mol. The average Bonchev–Trinajstić information content (AvgIpc) is 2.51. The maximum atomic E-state index is 11.9. The predicted molar refractivity (Wildman–Crippen MR) is 90.9 cm³/mol. The van der Waals surface area contributed by atoms with Gasteiger partial charge in [-0.15, -0.1) is 0 Å². The molecule has 0 spiro atoms. The molecule has 0 saturated carbocycles. The molecule has 0 saturated heterocycles. The molecule has 0 aliphatic rings. The van der Waals surface area contributed by atoms with Crippen LogP contribution in [0.5, 0.6) is 5.75 Å². The van der Waals surface area contributed by atoms with Crippen molar-refractivity contribution in [3.05, 3.63) is 53.1 Å². The van der Waals surface area contributed by atoms with Crippen LogP contribution < -0.4 is 15.4 Å². The van der Waals surface area contributed by atoms with Crippen molar-refractivity contribution < 1.29 is 9.53 Å². The van der Waals surface area contributed by atoms with E-state index in [2.05, 4.69) is 10.6 Å². The van der Waals surface area contributed by atoms with E-state index in [9.17, 15) is 4.79 Å². The number of aryl methyl sites for hydroxylation is 1. The Hall–Kier alpha value is -2.20. The largest absolute Gasteiger partial charge is 0.497 e. The van der Waals surface area contributed by atoms with E-state index in [0.29, 0.717) is 23.7 Å². The standard InChI is InChI=1S/C17H19ClN2O2/c1-12-3-4-14(11-16(12)18)20-17(21)9-10-19-13-5-7-15(22-2)8-6-13/h3-8,11,19H,9-10H2,1-2H3,(H,20,21). The average molecular weight is 319 g/mol. The number of hydrogen-bond donors (Lipinski definition) is 2. The van der Waals surface area contributed by atoms with Crippen LogP contribution in [0.25, 0.3) is 0 Å². The number of rotatable bonds is 6. The molecule has 5 heteroatoms. The molecule has 2 aromatic rings. The number of methoxy groups -OCH3 is 1. The van der Waals surface area contributed by atoms with Crippen molar-refractivity contribution in [3.8, 4) is 5.75 Å². The summed E-state index contributed by atoms with van der Waals surface area (Å²) in [5.41, 5.74) is 2.65. The minimum Gasteiger partial charge on any atom is -0.497 e. The van der Waals surface area contributed by atoms with Gasteiger partial charge < -0.3 is 15.4 Å². The van der Waals surface area contributed by atoms with Gasteiger partial charge in [0, 0.05) is 29.4 Å². The van der Waals surface area contributed by atoms with Gasteiger partial charge in [0.15, 0.2) is 0 Å². The molecule has 0 bridgehead atoms. The first kappa shape index (κ1) is 16.2. The van der Waals surface area contributed by atoms with Crippen LogP contribution in [0.3, 0.4) is 0 Å². The van der Waals surface area contributed by atoms with Crippen LogP contribution in [0.15, 0.2) is 42.5 Å². The van der Waals surface area contributed by atoms with Crippen molar-refractivity contribution in [1.82, 2.24) is 0 Å². The van der Waals surface area contributed by atoms with Gasteiger partial charge in [0.05, 0.1) is 7.11 Å². The van der Waals surface area contributed by atoms with Gasteiger partial charge in [0.1, 0.15) is 5.75 Å². The first-order valence-electron chi connectivity index (χ1n) is 7.02. The predicted octanol–water partition coefficient (Wildman–Crippen LogP) is 4.10. The van der Waals surface area contributed by atoms with E-state index in [1.807, 2.05) is 43.3 Å². The summed E-state index contributed by atoms with van der Waals surface area (Å²) in [5, 5.41) is 6.67. The van der Waals surface area contributed by atoms with Gasteiger partial charge in [-0.05, 0) is 48.9 Å². The van der Waals surface area contributed by atoms with E-state index >= 15 is 0 Å². The highest BCUT2D eigenvalue weighted by Gasteiger charge is 2.04. The second-order valence-corrected chi connectivity index (χ2v) is 5.32. The first-order chi connectivity index (χ1) is 10.6. The molecule has 0 heterocycles. The van der Waals surface area contributed by atoms with Gasteiger partial charge in [0.2, 0.25) is 5.91 Å². The Morgan fingerprint density at radius 3 is 2.45 bits per heavy atom. The van der Waals surface area contributed by atoms with Crippen LogP contribution in [0.4, 0.5) is 11.4 Å². The van der Waals surface area contributed by atoms with Gasteiger partial charge in [0.25, 0.3) is 0 Å². The number of carbonyl (C=O) groups excluding carboxylic acids is 1. The summed E-state index contributed by atoms with van der Waals surface area (Å²) in [7, 11) is 1.63. The lowest BCUT2D eigenvalue weighted by atomic mass is 10.2. The summed E-state index contributed by atoms with van der Waals surface area (Å²) in [5.74, 6) is 0.750. The summed E-state index contributed by atoms with van der Waals surface area (Å²) in [6, 6.07) is 13.1. The summed E-state index contributed by atoms with van der Waals surface area (Å²) in [6.45, 7) is 2.48. The highest BCUT2D eigenvalue weighted by molar-refractivity contribution is 6.31. The summed E-state index contributed by atoms with van der Waals surface area (Å²) < 4.78 is 5.09. The van der Waals surface area contributed by atoms with Gasteiger partial charge in [-0.1, -0.05) is 17.7 Å². The van der Waals surface area contributed by atoms with E-state index in [1.54, 1.807) is 13.2 Å². The minimum atomic E-state index is -0.0547. The number of carbonyl (C=O) groups is 1. The third-order valence-corrected chi connectivity index (χ3v) is 3.63. The Morgan fingerprint density at radius 2 is 1.82 bits per heavy atom. The van der Waals surface area contributed by atoms with E-state index in [1.165, 1.54) is 0 Å². The van der Waals surface area contributed by atoms with E-state index in [4.69, 9.17) is 16.3 Å². The quantitative estimate of drug-likeness (QED) is 0.843. The van der Waals surface area contributed by atoms with Crippen molar-refractivity contribution in [1.29, 1.82) is 0 Å². The van der Waals surface area contributed by atoms with Crippen LogP contribution in [0.1, 0.15) is 12.0 Å². The van der Waals surface area contributed by atoms with Gasteiger partial charge in [-0.2, -0.15) is 0 Å². The lowest BCUT2D eigenvalue weighted by Gasteiger charge is -2.09. The summed E-state index contributed by atoms with van der Waals surface area (Å²) in [4.78, 5) is 11.9. The molecular weight excluding hydrogens is 300 g/mol. The van der Waals surface area contributed by atoms with Crippen molar-refractivity contribution >= 4 is 28.9 Å². The Bertz CT molecular complexity index is 642. The fraction of sp³-hybridized carbons (Fsp3) is 0.235. The molecular formula is C17H19ClN2O2. The Balaban J connectivity index is 1.78. The van der Waals surface area contributed by atoms with E-state index in [-0.39, 0.29) is 5.91 Å². The number of anilines is 2. The van der Waals surface area contributed by atoms with E-state index in [0.717, 1.165) is 17.0 Å². The third kappa shape index (κ3) is 4.67. The molecule has 116 valence electrons. The number of halogens is 1. The van der Waals surface area contributed by atoms with Gasteiger partial charge >= 0.3 is 0 Å².